The summed E-state index contributed by atoms with van der Waals surface area (Å²) in [4.78, 5) is 73.1. The number of hydrogen-bond donors (Lipinski definition) is 5. The molecule has 2 aromatic carbocycles. The lowest BCUT2D eigenvalue weighted by molar-refractivity contribution is -0.179. The summed E-state index contributed by atoms with van der Waals surface area (Å²) in [6.07, 6.45) is -0.830. The van der Waals surface area contributed by atoms with Crippen molar-refractivity contribution >= 4 is 40.3 Å². The van der Waals surface area contributed by atoms with E-state index in [1.165, 1.54) is 6.07 Å². The van der Waals surface area contributed by atoms with Crippen molar-refractivity contribution in [3.8, 4) is 0 Å². The summed E-state index contributed by atoms with van der Waals surface area (Å²) >= 11 is 0. The molecule has 5 atom stereocenters. The van der Waals surface area contributed by atoms with Crippen molar-refractivity contribution in [1.82, 2.24) is 20.5 Å². The van der Waals surface area contributed by atoms with Gasteiger partial charge in [0.2, 0.25) is 17.5 Å². The Kier molecular flexibility index (Phi) is 9.69. The second-order valence-corrected chi connectivity index (χ2v) is 12.6. The zero-order valence-corrected chi connectivity index (χ0v) is 25.8. The van der Waals surface area contributed by atoms with Gasteiger partial charge in [-0.2, -0.15) is 0 Å². The number of benzene rings is 2. The third-order valence-corrected chi connectivity index (χ3v) is 7.67. The van der Waals surface area contributed by atoms with Gasteiger partial charge in [0.1, 0.15) is 5.69 Å². The fraction of sp³-hybridized carbons (Fsp3) is 0.394. The van der Waals surface area contributed by atoms with Crippen LogP contribution in [0.25, 0.3) is 10.9 Å². The van der Waals surface area contributed by atoms with Gasteiger partial charge in [-0.3, -0.25) is 24.0 Å². The lowest BCUT2D eigenvalue weighted by atomic mass is 9.77. The molecule has 0 aliphatic carbocycles. The summed E-state index contributed by atoms with van der Waals surface area (Å²) in [5.41, 5.74) is 8.98. The number of ketones is 1. The van der Waals surface area contributed by atoms with Crippen molar-refractivity contribution in [3.63, 3.8) is 0 Å². The number of Topliss-reactive ketones (excluding diaryl/α,β-unsaturated/α-hetero) is 1. The average molecular weight is 617 g/mol. The Morgan fingerprint density at radius 3 is 2.27 bits per heavy atom. The second kappa shape index (κ2) is 13.1. The molecule has 0 saturated carbocycles. The number of para-hydroxylation sites is 1. The van der Waals surface area contributed by atoms with E-state index in [9.17, 15) is 29.1 Å². The van der Waals surface area contributed by atoms with Crippen molar-refractivity contribution in [2.75, 3.05) is 6.54 Å². The fourth-order valence-corrected chi connectivity index (χ4v) is 5.72. The summed E-state index contributed by atoms with van der Waals surface area (Å²) in [6.45, 7) is 6.48. The molecule has 45 heavy (non-hydrogen) atoms. The number of rotatable bonds is 10. The smallest absolute Gasteiger partial charge is 0.274 e. The van der Waals surface area contributed by atoms with E-state index in [0.29, 0.717) is 11.1 Å². The lowest BCUT2D eigenvalue weighted by Gasteiger charge is -2.39. The number of fused-ring (bicyclic) bond motifs is 1. The zero-order chi connectivity index (χ0) is 33.1. The molecule has 1 saturated heterocycles. The van der Waals surface area contributed by atoms with Crippen LogP contribution in [0.5, 0.6) is 0 Å². The molecule has 1 aromatic heterocycles. The maximum atomic E-state index is 14.6. The van der Waals surface area contributed by atoms with Crippen LogP contribution in [-0.2, 0) is 19.2 Å². The fourth-order valence-electron chi connectivity index (χ4n) is 5.72. The number of likely N-dealkylation sites (tertiary alicyclic amines) is 1. The minimum Gasteiger partial charge on any atom is -0.370 e. The van der Waals surface area contributed by atoms with E-state index in [1.54, 1.807) is 76.2 Å². The highest BCUT2D eigenvalue weighted by Crippen LogP contribution is 2.45. The molecule has 1 fully saturated rings. The Morgan fingerprint density at radius 1 is 1.00 bits per heavy atom. The molecule has 4 rings (SSSR count). The number of pyridine rings is 1. The van der Waals surface area contributed by atoms with Gasteiger partial charge in [-0.05, 0) is 45.4 Å². The summed E-state index contributed by atoms with van der Waals surface area (Å²) in [5, 5.41) is 18.4. The molecule has 0 radical (unpaired) electrons. The first-order valence-electron chi connectivity index (χ1n) is 14.8. The van der Waals surface area contributed by atoms with E-state index < -0.39 is 71.0 Å². The minimum atomic E-state index is -2.70. The molecule has 1 aliphatic rings. The summed E-state index contributed by atoms with van der Waals surface area (Å²) in [7, 11) is 0. The van der Waals surface area contributed by atoms with Crippen molar-refractivity contribution in [2.24, 2.45) is 17.4 Å². The highest BCUT2D eigenvalue weighted by atomic mass is 16.3. The Labute approximate surface area is 261 Å². The highest BCUT2D eigenvalue weighted by molar-refractivity contribution is 6.04. The molecule has 238 valence electrons. The van der Waals surface area contributed by atoms with E-state index >= 15 is 0 Å². The number of nitrogens with zero attached hydrogens (tertiary/aromatic N) is 2. The summed E-state index contributed by atoms with van der Waals surface area (Å²) in [5.74, 6) is -6.62. The van der Waals surface area contributed by atoms with Crippen molar-refractivity contribution in [1.29, 1.82) is 0 Å². The first-order chi connectivity index (χ1) is 21.1. The van der Waals surface area contributed by atoms with Gasteiger partial charge >= 0.3 is 0 Å². The van der Waals surface area contributed by atoms with Gasteiger partial charge in [0, 0.05) is 35.9 Å². The first-order valence-corrected chi connectivity index (χ1v) is 14.8. The molecular formula is C33H40N6O6. The molecular weight excluding hydrogens is 576 g/mol. The SMILES string of the molecule is CC(N)CC(=O)N1CC(c2ccccc2)[C@H](C(=O)[C@H](CC(N)=O)NC(=O)c2ccc3ccccc3n2)[C@]1(O)C(=O)NC(C)(C)C. The monoisotopic (exact) mass is 616 g/mol. The third-order valence-electron chi connectivity index (χ3n) is 7.67. The summed E-state index contributed by atoms with van der Waals surface area (Å²) in [6, 6.07) is 16.8. The topological polar surface area (TPSA) is 198 Å². The number of hydrogen-bond acceptors (Lipinski definition) is 8. The molecule has 4 amide bonds. The number of primary amides is 1. The number of nitrogens with one attached hydrogen (secondary N) is 2. The van der Waals surface area contributed by atoms with Crippen LogP contribution in [0.2, 0.25) is 0 Å². The molecule has 0 spiro atoms. The number of carbonyl (C=O) groups is 5. The van der Waals surface area contributed by atoms with E-state index in [1.807, 2.05) is 12.1 Å². The Hall–Kier alpha value is -4.68. The highest BCUT2D eigenvalue weighted by Gasteiger charge is 2.63. The predicted molar refractivity (Wildman–Crippen MR) is 167 cm³/mol. The van der Waals surface area contributed by atoms with Crippen LogP contribution in [-0.4, -0.2) is 74.3 Å². The number of aromatic nitrogens is 1. The molecule has 2 unspecified atom stereocenters. The van der Waals surface area contributed by atoms with Crippen LogP contribution in [0, 0.1) is 5.92 Å². The lowest BCUT2D eigenvalue weighted by Crippen LogP contribution is -2.66. The second-order valence-electron chi connectivity index (χ2n) is 12.6. The quantitative estimate of drug-likeness (QED) is 0.225. The van der Waals surface area contributed by atoms with Crippen molar-refractivity contribution < 1.29 is 29.1 Å². The molecule has 12 nitrogen and oxygen atoms in total. The number of nitrogens with two attached hydrogens (primary N) is 2. The molecule has 1 aliphatic heterocycles. The van der Waals surface area contributed by atoms with E-state index in [4.69, 9.17) is 11.5 Å². The van der Waals surface area contributed by atoms with Gasteiger partial charge in [0.25, 0.3) is 11.8 Å². The van der Waals surface area contributed by atoms with E-state index in [0.717, 1.165) is 10.3 Å². The van der Waals surface area contributed by atoms with Gasteiger partial charge in [-0.1, -0.05) is 54.6 Å². The molecule has 2 heterocycles. The molecule has 12 heteroatoms. The predicted octanol–water partition coefficient (Wildman–Crippen LogP) is 1.36. The molecule has 0 bridgehead atoms. The Bertz CT molecular complexity index is 1600. The Morgan fingerprint density at radius 2 is 1.64 bits per heavy atom. The number of aliphatic hydroxyl groups is 1. The van der Waals surface area contributed by atoms with Crippen LogP contribution in [0.1, 0.15) is 62.5 Å². The van der Waals surface area contributed by atoms with E-state index in [-0.39, 0.29) is 18.7 Å². The molecule has 3 aromatic rings. The normalized spacial score (nSPS) is 21.2. The maximum absolute atomic E-state index is 14.6. The largest absolute Gasteiger partial charge is 0.370 e. The van der Waals surface area contributed by atoms with Crippen LogP contribution in [0.4, 0.5) is 0 Å². The number of amides is 4. The van der Waals surface area contributed by atoms with Gasteiger partial charge in [-0.25, -0.2) is 4.98 Å². The van der Waals surface area contributed by atoms with Crippen LogP contribution < -0.4 is 22.1 Å². The standard InChI is InChI=1S/C33H40N6O6/c1-19(34)16-27(41)39-18-22(20-10-6-5-7-11-20)28(33(39,45)31(44)38-32(2,3)4)29(42)25(17-26(35)40)37-30(43)24-15-14-21-12-8-9-13-23(21)36-24/h5-15,19,22,25,28,45H,16-18,34H2,1-4H3,(H2,35,40)(H,37,43)(H,38,44)/t19?,22?,25-,28+,33-/m0/s1. The summed E-state index contributed by atoms with van der Waals surface area (Å²) < 4.78 is 0. The van der Waals surface area contributed by atoms with Crippen molar-refractivity contribution in [2.45, 2.75) is 69.8 Å². The van der Waals surface area contributed by atoms with Gasteiger partial charge in [0.05, 0.1) is 23.9 Å². The zero-order valence-electron chi connectivity index (χ0n) is 25.8. The van der Waals surface area contributed by atoms with Crippen LogP contribution in [0.15, 0.2) is 66.7 Å². The number of carbonyl (C=O) groups excluding carboxylic acids is 5. The van der Waals surface area contributed by atoms with E-state index in [2.05, 4.69) is 15.6 Å². The average Bonchev–Trinajstić information content (AvgIpc) is 3.29. The van der Waals surface area contributed by atoms with Crippen LogP contribution >= 0.6 is 0 Å². The van der Waals surface area contributed by atoms with Crippen LogP contribution in [0.3, 0.4) is 0 Å². The van der Waals surface area contributed by atoms with Gasteiger partial charge in [0.15, 0.2) is 5.78 Å². The van der Waals surface area contributed by atoms with Gasteiger partial charge in [-0.15, -0.1) is 0 Å². The minimum absolute atomic E-state index is 0.0172. The van der Waals surface area contributed by atoms with Gasteiger partial charge < -0.3 is 32.1 Å². The maximum Gasteiger partial charge on any atom is 0.274 e. The first kappa shape index (κ1) is 33.2. The third kappa shape index (κ3) is 7.35. The van der Waals surface area contributed by atoms with Crippen molar-refractivity contribution in [3.05, 3.63) is 78.0 Å². The Balaban J connectivity index is 1.81. The molecule has 7 N–H and O–H groups in total.